The summed E-state index contributed by atoms with van der Waals surface area (Å²) < 4.78 is 7.81. The van der Waals surface area contributed by atoms with Crippen molar-refractivity contribution in [2.45, 2.75) is 52.9 Å². The molecule has 5 nitrogen and oxygen atoms in total. The van der Waals surface area contributed by atoms with E-state index in [1.54, 1.807) is 4.40 Å². The van der Waals surface area contributed by atoms with Crippen molar-refractivity contribution in [1.82, 2.24) is 14.4 Å². The first-order valence-electron chi connectivity index (χ1n) is 11.3. The summed E-state index contributed by atoms with van der Waals surface area (Å²) in [5, 5.41) is 3.53. The van der Waals surface area contributed by atoms with E-state index in [1.165, 1.54) is 22.5 Å². The summed E-state index contributed by atoms with van der Waals surface area (Å²) in [5.74, 6) is 0.284. The van der Waals surface area contributed by atoms with Crippen molar-refractivity contribution in [1.29, 1.82) is 0 Å². The molecule has 0 saturated carbocycles. The van der Waals surface area contributed by atoms with Gasteiger partial charge in [-0.05, 0) is 59.4 Å². The van der Waals surface area contributed by atoms with Crippen LogP contribution in [-0.4, -0.2) is 14.4 Å². The number of hydrogen-bond acceptors (Lipinski definition) is 5. The molecule has 1 aliphatic carbocycles. The van der Waals surface area contributed by atoms with E-state index in [1.807, 2.05) is 29.6 Å². The van der Waals surface area contributed by atoms with E-state index >= 15 is 0 Å². The van der Waals surface area contributed by atoms with Gasteiger partial charge in [0.2, 0.25) is 11.3 Å². The van der Waals surface area contributed by atoms with Gasteiger partial charge in [-0.3, -0.25) is 4.79 Å². The lowest BCUT2D eigenvalue weighted by Gasteiger charge is -2.33. The number of thiazole rings is 1. The van der Waals surface area contributed by atoms with Gasteiger partial charge in [-0.2, -0.15) is 0 Å². The van der Waals surface area contributed by atoms with Crippen LogP contribution in [0.4, 0.5) is 0 Å². The second-order valence-corrected chi connectivity index (χ2v) is 11.3. The number of furan rings is 1. The van der Waals surface area contributed by atoms with Gasteiger partial charge in [0.15, 0.2) is 4.96 Å². The molecule has 1 aromatic carbocycles. The Morgan fingerprint density at radius 3 is 2.64 bits per heavy atom. The summed E-state index contributed by atoms with van der Waals surface area (Å²) in [7, 11) is 0. The second-order valence-electron chi connectivity index (χ2n) is 10.1. The van der Waals surface area contributed by atoms with E-state index in [0.717, 1.165) is 41.6 Å². The maximum absolute atomic E-state index is 13.7. The molecule has 5 aromatic rings. The van der Waals surface area contributed by atoms with Crippen molar-refractivity contribution < 1.29 is 4.42 Å². The number of pyridine rings is 1. The number of nitrogens with zero attached hydrogens (tertiary/aromatic N) is 3. The van der Waals surface area contributed by atoms with Crippen LogP contribution in [0.2, 0.25) is 5.02 Å². The summed E-state index contributed by atoms with van der Waals surface area (Å²) in [6.45, 7) is 8.94. The maximum atomic E-state index is 13.7. The highest BCUT2D eigenvalue weighted by Gasteiger charge is 2.32. The average molecular weight is 478 g/mol. The van der Waals surface area contributed by atoms with Gasteiger partial charge in [-0.15, -0.1) is 11.3 Å². The van der Waals surface area contributed by atoms with Crippen LogP contribution in [0.3, 0.4) is 0 Å². The standard InChI is InChI=1S/C26H24ClN3O2S/c1-13(2)20-16-9-10-26(3,4)11-17(16)19-21-22(32-23(19)28-20)24(31)30-18(12-33-25(30)29-21)14-5-7-15(27)8-6-14/h5-8,12-13H,9-11H2,1-4H3. The quantitative estimate of drug-likeness (QED) is 0.274. The molecule has 168 valence electrons. The number of hydrogen-bond donors (Lipinski definition) is 0. The molecule has 0 atom stereocenters. The molecule has 7 heteroatoms. The molecule has 0 N–H and O–H groups in total. The van der Waals surface area contributed by atoms with Crippen molar-refractivity contribution in [2.24, 2.45) is 5.41 Å². The Morgan fingerprint density at radius 2 is 1.91 bits per heavy atom. The van der Waals surface area contributed by atoms with Crippen molar-refractivity contribution in [3.05, 3.63) is 61.8 Å². The van der Waals surface area contributed by atoms with Gasteiger partial charge in [0.25, 0.3) is 0 Å². The molecule has 0 saturated heterocycles. The summed E-state index contributed by atoms with van der Waals surface area (Å²) in [5.41, 5.74) is 6.76. The van der Waals surface area contributed by atoms with E-state index < -0.39 is 0 Å². The van der Waals surface area contributed by atoms with Crippen LogP contribution in [0.15, 0.2) is 38.9 Å². The predicted octanol–water partition coefficient (Wildman–Crippen LogP) is 7.01. The first kappa shape index (κ1) is 20.9. The minimum absolute atomic E-state index is 0.183. The van der Waals surface area contributed by atoms with Crippen molar-refractivity contribution in [3.63, 3.8) is 0 Å². The Morgan fingerprint density at radius 1 is 1.15 bits per heavy atom. The van der Waals surface area contributed by atoms with Crippen LogP contribution in [0.25, 0.3) is 38.4 Å². The zero-order valence-electron chi connectivity index (χ0n) is 19.0. The van der Waals surface area contributed by atoms with E-state index in [2.05, 4.69) is 27.7 Å². The molecule has 6 rings (SSSR count). The molecule has 33 heavy (non-hydrogen) atoms. The number of rotatable bonds is 2. The van der Waals surface area contributed by atoms with Gasteiger partial charge >= 0.3 is 5.56 Å². The van der Waals surface area contributed by atoms with Crippen LogP contribution in [0, 0.1) is 5.41 Å². The van der Waals surface area contributed by atoms with E-state index in [0.29, 0.717) is 21.2 Å². The SMILES string of the molecule is CC(C)c1nc2oc3c(=O)n4c(-c5ccc(Cl)cc5)csc4nc3c2c2c1CCC(C)(C)C2. The highest BCUT2D eigenvalue weighted by molar-refractivity contribution is 7.15. The molecule has 1 aliphatic rings. The normalized spacial score (nSPS) is 15.7. The Balaban J connectivity index is 1.70. The van der Waals surface area contributed by atoms with Gasteiger partial charge in [0.05, 0.1) is 16.8 Å². The molecule has 0 fully saturated rings. The average Bonchev–Trinajstić information content (AvgIpc) is 3.35. The lowest BCUT2D eigenvalue weighted by atomic mass is 9.72. The fraction of sp³-hybridized carbons (Fsp3) is 0.346. The lowest BCUT2D eigenvalue weighted by molar-refractivity contribution is 0.315. The molecule has 0 unspecified atom stereocenters. The Kier molecular flexibility index (Phi) is 4.52. The molecule has 0 spiro atoms. The summed E-state index contributed by atoms with van der Waals surface area (Å²) in [6, 6.07) is 7.47. The Labute approximate surface area is 200 Å². The summed E-state index contributed by atoms with van der Waals surface area (Å²) >= 11 is 7.51. The Bertz CT molecular complexity index is 1620. The topological polar surface area (TPSA) is 60.4 Å². The molecule has 0 amide bonds. The number of fused-ring (bicyclic) bond motifs is 6. The summed E-state index contributed by atoms with van der Waals surface area (Å²) in [6.07, 6.45) is 3.04. The molecular formula is C26H24ClN3O2S. The predicted molar refractivity (Wildman–Crippen MR) is 135 cm³/mol. The highest BCUT2D eigenvalue weighted by Crippen LogP contribution is 2.43. The molecule has 0 radical (unpaired) electrons. The van der Waals surface area contributed by atoms with Crippen molar-refractivity contribution >= 4 is 50.1 Å². The highest BCUT2D eigenvalue weighted by atomic mass is 35.5. The maximum Gasteiger partial charge on any atom is 0.302 e. The molecule has 0 aliphatic heterocycles. The smallest absolute Gasteiger partial charge is 0.302 e. The minimum Gasteiger partial charge on any atom is -0.430 e. The van der Waals surface area contributed by atoms with Gasteiger partial charge in [0.1, 0.15) is 5.52 Å². The van der Waals surface area contributed by atoms with Crippen LogP contribution in [0.5, 0.6) is 0 Å². The third kappa shape index (κ3) is 3.15. The first-order chi connectivity index (χ1) is 15.7. The number of halogens is 1. The van der Waals surface area contributed by atoms with Gasteiger partial charge in [-0.1, -0.05) is 51.4 Å². The molecule has 0 bridgehead atoms. The Hall–Kier alpha value is -2.70. The zero-order valence-corrected chi connectivity index (χ0v) is 20.6. The summed E-state index contributed by atoms with van der Waals surface area (Å²) in [4.78, 5) is 24.2. The van der Waals surface area contributed by atoms with Crippen molar-refractivity contribution in [2.75, 3.05) is 0 Å². The van der Waals surface area contributed by atoms with Gasteiger partial charge < -0.3 is 4.42 Å². The monoisotopic (exact) mass is 477 g/mol. The molecular weight excluding hydrogens is 454 g/mol. The largest absolute Gasteiger partial charge is 0.430 e. The lowest BCUT2D eigenvalue weighted by Crippen LogP contribution is -2.24. The van der Waals surface area contributed by atoms with Gasteiger partial charge in [-0.25, -0.2) is 14.4 Å². The number of aromatic nitrogens is 3. The third-order valence-corrected chi connectivity index (χ3v) is 7.85. The molecule has 4 aromatic heterocycles. The van der Waals surface area contributed by atoms with Crippen molar-refractivity contribution in [3.8, 4) is 11.3 Å². The number of benzene rings is 1. The first-order valence-corrected chi connectivity index (χ1v) is 12.5. The van der Waals surface area contributed by atoms with E-state index in [-0.39, 0.29) is 22.5 Å². The molecule has 4 heterocycles. The fourth-order valence-electron chi connectivity index (χ4n) is 5.08. The fourth-order valence-corrected chi connectivity index (χ4v) is 6.10. The van der Waals surface area contributed by atoms with Crippen LogP contribution < -0.4 is 5.56 Å². The zero-order chi connectivity index (χ0) is 23.1. The van der Waals surface area contributed by atoms with Crippen LogP contribution in [0.1, 0.15) is 56.9 Å². The van der Waals surface area contributed by atoms with Crippen LogP contribution in [-0.2, 0) is 12.8 Å². The van der Waals surface area contributed by atoms with E-state index in [4.69, 9.17) is 26.0 Å². The van der Waals surface area contributed by atoms with E-state index in [9.17, 15) is 4.79 Å². The third-order valence-electron chi connectivity index (χ3n) is 6.77. The van der Waals surface area contributed by atoms with Gasteiger partial charge in [0, 0.05) is 10.4 Å². The second kappa shape index (κ2) is 7.15. The van der Waals surface area contributed by atoms with Crippen LogP contribution >= 0.6 is 22.9 Å². The minimum atomic E-state index is -0.200.